The molecule has 0 unspecified atom stereocenters. The average Bonchev–Trinajstić information content (AvgIpc) is 3.60. The summed E-state index contributed by atoms with van der Waals surface area (Å²) in [6, 6.07) is 6.31. The SMILES string of the molecule is COc1ccc(-c2cc(C(=O)Nc3sc4c(c3C(=O)N[C@H]3CCS(=O)(=O)C3)CCCC4)no2)cc1OC. The van der Waals surface area contributed by atoms with Gasteiger partial charge < -0.3 is 24.6 Å². The number of benzene rings is 1. The van der Waals surface area contributed by atoms with Crippen LogP contribution in [0, 0.1) is 0 Å². The van der Waals surface area contributed by atoms with Crippen LogP contribution in [-0.4, -0.2) is 57.2 Å². The summed E-state index contributed by atoms with van der Waals surface area (Å²) < 4.78 is 39.7. The van der Waals surface area contributed by atoms with Gasteiger partial charge in [-0.3, -0.25) is 9.59 Å². The summed E-state index contributed by atoms with van der Waals surface area (Å²) in [5.74, 6) is 0.581. The van der Waals surface area contributed by atoms with Gasteiger partial charge in [-0.2, -0.15) is 0 Å². The van der Waals surface area contributed by atoms with Gasteiger partial charge in [0.15, 0.2) is 32.8 Å². The maximum Gasteiger partial charge on any atom is 0.278 e. The van der Waals surface area contributed by atoms with Crippen LogP contribution in [0.1, 0.15) is 50.5 Å². The number of carbonyl (C=O) groups is 2. The molecular weight excluding hydrogens is 518 g/mol. The second kappa shape index (κ2) is 10.2. The van der Waals surface area contributed by atoms with Gasteiger partial charge in [-0.25, -0.2) is 8.42 Å². The molecule has 5 rings (SSSR count). The second-order valence-corrected chi connectivity index (χ2v) is 12.4. The molecule has 1 aliphatic carbocycles. The summed E-state index contributed by atoms with van der Waals surface area (Å²) in [5.41, 5.74) is 2.06. The molecule has 2 aliphatic rings. The Balaban J connectivity index is 1.38. The number of amides is 2. The van der Waals surface area contributed by atoms with E-state index >= 15 is 0 Å². The van der Waals surface area contributed by atoms with E-state index in [2.05, 4.69) is 15.8 Å². The number of aromatic nitrogens is 1. The van der Waals surface area contributed by atoms with Crippen LogP contribution >= 0.6 is 11.3 Å². The number of hydrogen-bond acceptors (Lipinski definition) is 9. The Kier molecular flexibility index (Phi) is 6.95. The number of carbonyl (C=O) groups excluding carboxylic acids is 2. The number of methoxy groups -OCH3 is 2. The number of aryl methyl sites for hydroxylation is 1. The van der Waals surface area contributed by atoms with Crippen LogP contribution in [0.2, 0.25) is 0 Å². The summed E-state index contributed by atoms with van der Waals surface area (Å²) in [6.07, 6.45) is 3.93. The Morgan fingerprint density at radius 2 is 1.86 bits per heavy atom. The number of hydrogen-bond donors (Lipinski definition) is 2. The third-order valence-corrected chi connectivity index (χ3v) is 9.58. The summed E-state index contributed by atoms with van der Waals surface area (Å²) in [5, 5.41) is 10.1. The number of ether oxygens (including phenoxy) is 2. The van der Waals surface area contributed by atoms with Crippen LogP contribution < -0.4 is 20.1 Å². The zero-order valence-corrected chi connectivity index (χ0v) is 22.1. The summed E-state index contributed by atoms with van der Waals surface area (Å²) >= 11 is 1.38. The molecule has 1 aliphatic heterocycles. The van der Waals surface area contributed by atoms with E-state index in [0.29, 0.717) is 39.8 Å². The van der Waals surface area contributed by atoms with Crippen molar-refractivity contribution in [2.24, 2.45) is 0 Å². The van der Waals surface area contributed by atoms with Crippen molar-refractivity contribution in [1.29, 1.82) is 0 Å². The fourth-order valence-corrected chi connectivity index (χ4v) is 7.69. The van der Waals surface area contributed by atoms with E-state index in [1.54, 1.807) is 25.3 Å². The van der Waals surface area contributed by atoms with Gasteiger partial charge >= 0.3 is 0 Å². The van der Waals surface area contributed by atoms with Gasteiger partial charge in [0.2, 0.25) is 0 Å². The molecule has 37 heavy (non-hydrogen) atoms. The molecule has 196 valence electrons. The molecule has 1 saturated heterocycles. The normalized spacial score (nSPS) is 18.2. The molecule has 1 aromatic carbocycles. The smallest absolute Gasteiger partial charge is 0.278 e. The zero-order valence-electron chi connectivity index (χ0n) is 20.5. The van der Waals surface area contributed by atoms with Crippen LogP contribution in [0.3, 0.4) is 0 Å². The van der Waals surface area contributed by atoms with Crippen molar-refractivity contribution >= 4 is 38.0 Å². The Hall–Kier alpha value is -3.38. The van der Waals surface area contributed by atoms with E-state index in [-0.39, 0.29) is 23.1 Å². The Morgan fingerprint density at radius 3 is 2.59 bits per heavy atom. The highest BCUT2D eigenvalue weighted by Crippen LogP contribution is 2.39. The zero-order chi connectivity index (χ0) is 26.2. The third-order valence-electron chi connectivity index (χ3n) is 6.60. The van der Waals surface area contributed by atoms with Crippen molar-refractivity contribution in [2.75, 3.05) is 31.0 Å². The Bertz CT molecular complexity index is 1460. The molecule has 1 fully saturated rings. The van der Waals surface area contributed by atoms with Crippen molar-refractivity contribution < 1.29 is 32.0 Å². The maximum atomic E-state index is 13.3. The number of anilines is 1. The first kappa shape index (κ1) is 25.3. The first-order chi connectivity index (χ1) is 17.8. The quantitative estimate of drug-likeness (QED) is 0.461. The lowest BCUT2D eigenvalue weighted by molar-refractivity contribution is 0.0941. The molecular formula is C25H27N3O7S2. The van der Waals surface area contributed by atoms with Gasteiger partial charge in [0, 0.05) is 22.5 Å². The number of thiophene rings is 1. The van der Waals surface area contributed by atoms with Gasteiger partial charge in [-0.05, 0) is 55.9 Å². The van der Waals surface area contributed by atoms with Crippen LogP contribution in [0.4, 0.5) is 5.00 Å². The molecule has 12 heteroatoms. The molecule has 2 aromatic heterocycles. The predicted molar refractivity (Wildman–Crippen MR) is 138 cm³/mol. The molecule has 0 radical (unpaired) electrons. The van der Waals surface area contributed by atoms with Crippen LogP contribution in [-0.2, 0) is 22.7 Å². The van der Waals surface area contributed by atoms with E-state index in [1.165, 1.54) is 24.5 Å². The van der Waals surface area contributed by atoms with Crippen molar-refractivity contribution in [1.82, 2.24) is 10.5 Å². The lowest BCUT2D eigenvalue weighted by Crippen LogP contribution is -2.36. The molecule has 10 nitrogen and oxygen atoms in total. The molecule has 3 heterocycles. The fourth-order valence-electron chi connectivity index (χ4n) is 4.74. The molecule has 0 bridgehead atoms. The second-order valence-electron chi connectivity index (χ2n) is 9.09. The van der Waals surface area contributed by atoms with E-state index in [9.17, 15) is 18.0 Å². The van der Waals surface area contributed by atoms with Gasteiger partial charge in [0.1, 0.15) is 5.00 Å². The summed E-state index contributed by atoms with van der Waals surface area (Å²) in [6.45, 7) is 0. The average molecular weight is 546 g/mol. The van der Waals surface area contributed by atoms with Crippen LogP contribution in [0.15, 0.2) is 28.8 Å². The molecule has 0 spiro atoms. The number of nitrogens with zero attached hydrogens (tertiary/aromatic N) is 1. The monoisotopic (exact) mass is 545 g/mol. The number of fused-ring (bicyclic) bond motifs is 1. The van der Waals surface area contributed by atoms with Gasteiger partial charge in [0.25, 0.3) is 11.8 Å². The Labute approximate surface area is 218 Å². The Morgan fingerprint density at radius 1 is 1.08 bits per heavy atom. The standard InChI is InChI=1S/C25H27N3O7S2/c1-33-18-8-7-14(11-20(18)34-2)19-12-17(28-35-19)23(29)27-25-22(16-5-3-4-6-21(16)36-25)24(30)26-15-9-10-37(31,32)13-15/h7-8,11-12,15H,3-6,9-10,13H2,1-2H3,(H,26,30)(H,27,29)/t15-/m0/s1. The number of rotatable bonds is 7. The van der Waals surface area contributed by atoms with E-state index in [1.807, 2.05) is 0 Å². The van der Waals surface area contributed by atoms with E-state index in [0.717, 1.165) is 36.1 Å². The van der Waals surface area contributed by atoms with Crippen molar-refractivity contribution in [3.05, 3.63) is 46.0 Å². The fraction of sp³-hybridized carbons (Fsp3) is 0.400. The van der Waals surface area contributed by atoms with E-state index < -0.39 is 21.8 Å². The van der Waals surface area contributed by atoms with Crippen molar-refractivity contribution in [2.45, 2.75) is 38.1 Å². The lowest BCUT2D eigenvalue weighted by atomic mass is 9.95. The van der Waals surface area contributed by atoms with Crippen LogP contribution in [0.25, 0.3) is 11.3 Å². The van der Waals surface area contributed by atoms with Gasteiger partial charge in [0.05, 0.1) is 31.3 Å². The first-order valence-electron chi connectivity index (χ1n) is 11.9. The number of sulfone groups is 1. The minimum atomic E-state index is -3.14. The largest absolute Gasteiger partial charge is 0.493 e. The number of nitrogens with one attached hydrogen (secondary N) is 2. The molecule has 1 atom stereocenters. The van der Waals surface area contributed by atoms with E-state index in [4.69, 9.17) is 14.0 Å². The molecule has 2 N–H and O–H groups in total. The first-order valence-corrected chi connectivity index (χ1v) is 14.6. The highest BCUT2D eigenvalue weighted by Gasteiger charge is 2.32. The summed E-state index contributed by atoms with van der Waals surface area (Å²) in [7, 11) is -0.0656. The topological polar surface area (TPSA) is 137 Å². The minimum Gasteiger partial charge on any atom is -0.493 e. The third kappa shape index (κ3) is 5.21. The molecule has 2 amide bonds. The van der Waals surface area contributed by atoms with Crippen molar-refractivity contribution in [3.63, 3.8) is 0 Å². The van der Waals surface area contributed by atoms with Crippen LogP contribution in [0.5, 0.6) is 11.5 Å². The van der Waals surface area contributed by atoms with Gasteiger partial charge in [-0.15, -0.1) is 11.3 Å². The molecule has 0 saturated carbocycles. The highest BCUT2D eigenvalue weighted by molar-refractivity contribution is 7.91. The molecule has 3 aromatic rings. The minimum absolute atomic E-state index is 0.0596. The summed E-state index contributed by atoms with van der Waals surface area (Å²) in [4.78, 5) is 27.5. The highest BCUT2D eigenvalue weighted by atomic mass is 32.2. The predicted octanol–water partition coefficient (Wildman–Crippen LogP) is 3.47. The van der Waals surface area contributed by atoms with Gasteiger partial charge in [-0.1, -0.05) is 5.16 Å². The van der Waals surface area contributed by atoms with Crippen molar-refractivity contribution in [3.8, 4) is 22.8 Å². The lowest BCUT2D eigenvalue weighted by Gasteiger charge is -2.15. The maximum absolute atomic E-state index is 13.3.